The van der Waals surface area contributed by atoms with Crippen molar-refractivity contribution in [2.45, 2.75) is 19.3 Å². The average Bonchev–Trinajstić information content (AvgIpc) is 3.91. The summed E-state index contributed by atoms with van der Waals surface area (Å²) in [7, 11) is 0. The zero-order valence-electron chi connectivity index (χ0n) is 28.0. The Balaban J connectivity index is 1.20. The zero-order valence-corrected chi connectivity index (χ0v) is 28.8. The van der Waals surface area contributed by atoms with Gasteiger partial charge in [-0.15, -0.1) is 11.3 Å². The normalized spacial score (nSPS) is 13.5. The van der Waals surface area contributed by atoms with Gasteiger partial charge in [-0.2, -0.15) is 0 Å². The van der Waals surface area contributed by atoms with Crippen LogP contribution < -0.4 is 4.90 Å². The summed E-state index contributed by atoms with van der Waals surface area (Å²) < 4.78 is 15.6. The van der Waals surface area contributed by atoms with Crippen LogP contribution in [0.5, 0.6) is 0 Å². The number of nitrogens with zero attached hydrogens (tertiary/aromatic N) is 2. The number of aromatic nitrogens is 1. The molecule has 51 heavy (non-hydrogen) atoms. The van der Waals surface area contributed by atoms with E-state index in [4.69, 9.17) is 13.8 Å². The van der Waals surface area contributed by atoms with Crippen LogP contribution in [0.4, 0.5) is 17.1 Å². The van der Waals surface area contributed by atoms with Crippen LogP contribution in [0.1, 0.15) is 25.0 Å². The molecule has 0 atom stereocenters. The standard InChI is InChI=1S/C46H30N2O2S/c1-46(2)33-16-8-6-15-31(33)43-34(46)17-10-18-36(43)48(28-22-23-30-29-14-7-9-21-41(29)51-42(30)24-28)37-19-11-20-38-44(37)32-25-40-35(26-39(32)49-38)47-45(50-40)27-12-4-3-5-13-27/h3-26H,1-2H3. The first-order valence-electron chi connectivity index (χ1n) is 17.3. The second-order valence-electron chi connectivity index (χ2n) is 13.9. The fourth-order valence-corrected chi connectivity index (χ4v) is 9.44. The highest BCUT2D eigenvalue weighted by Gasteiger charge is 2.38. The van der Waals surface area contributed by atoms with Crippen LogP contribution in [0.15, 0.2) is 154 Å². The van der Waals surface area contributed by atoms with Crippen molar-refractivity contribution in [3.8, 4) is 22.6 Å². The van der Waals surface area contributed by atoms with Gasteiger partial charge >= 0.3 is 0 Å². The lowest BCUT2D eigenvalue weighted by Gasteiger charge is -2.29. The lowest BCUT2D eigenvalue weighted by molar-refractivity contribution is 0.620. The van der Waals surface area contributed by atoms with Crippen molar-refractivity contribution in [2.24, 2.45) is 0 Å². The summed E-state index contributed by atoms with van der Waals surface area (Å²) in [4.78, 5) is 7.28. The van der Waals surface area contributed by atoms with Gasteiger partial charge in [-0.25, -0.2) is 4.98 Å². The number of thiophene rings is 1. The second-order valence-corrected chi connectivity index (χ2v) is 15.0. The number of benzene rings is 7. The smallest absolute Gasteiger partial charge is 0.227 e. The van der Waals surface area contributed by atoms with Crippen LogP contribution in [0.25, 0.3) is 75.8 Å². The average molecular weight is 675 g/mol. The van der Waals surface area contributed by atoms with E-state index in [1.807, 2.05) is 47.7 Å². The largest absolute Gasteiger partial charge is 0.456 e. The molecule has 4 nitrogen and oxygen atoms in total. The SMILES string of the molecule is CC1(C)c2ccccc2-c2c(N(c3ccc4c(c3)sc3ccccc34)c3cccc4oc5cc6nc(-c7ccccc7)oc6cc5c34)cccc21. The maximum absolute atomic E-state index is 6.62. The lowest BCUT2D eigenvalue weighted by Crippen LogP contribution is -2.16. The van der Waals surface area contributed by atoms with Crippen molar-refractivity contribution >= 4 is 81.6 Å². The van der Waals surface area contributed by atoms with Crippen molar-refractivity contribution in [1.29, 1.82) is 0 Å². The first-order valence-corrected chi connectivity index (χ1v) is 18.1. The molecule has 11 rings (SSSR count). The van der Waals surface area contributed by atoms with Gasteiger partial charge in [0.1, 0.15) is 16.7 Å². The van der Waals surface area contributed by atoms with Gasteiger partial charge in [0.25, 0.3) is 0 Å². The van der Waals surface area contributed by atoms with Gasteiger partial charge in [0, 0.05) is 53.9 Å². The second kappa shape index (κ2) is 10.4. The van der Waals surface area contributed by atoms with Crippen molar-refractivity contribution in [3.63, 3.8) is 0 Å². The third kappa shape index (κ3) is 4.10. The molecule has 1 aliphatic carbocycles. The Morgan fingerprint density at radius 2 is 1.33 bits per heavy atom. The summed E-state index contributed by atoms with van der Waals surface area (Å²) >= 11 is 1.84. The summed E-state index contributed by atoms with van der Waals surface area (Å²) in [5, 5.41) is 4.59. The first-order chi connectivity index (χ1) is 25.0. The quantitative estimate of drug-likeness (QED) is 0.186. The number of oxazole rings is 1. The van der Waals surface area contributed by atoms with Gasteiger partial charge in [0.2, 0.25) is 5.89 Å². The molecule has 0 amide bonds. The van der Waals surface area contributed by atoms with Gasteiger partial charge in [-0.1, -0.05) is 98.8 Å². The Morgan fingerprint density at radius 1 is 0.569 bits per heavy atom. The fourth-order valence-electron chi connectivity index (χ4n) is 8.30. The predicted octanol–water partition coefficient (Wildman–Crippen LogP) is 13.5. The number of anilines is 3. The third-order valence-corrected chi connectivity index (χ3v) is 11.8. The van der Waals surface area contributed by atoms with E-state index >= 15 is 0 Å². The number of hydrogen-bond donors (Lipinski definition) is 0. The van der Waals surface area contributed by atoms with Crippen LogP contribution in [0, 0.1) is 0 Å². The highest BCUT2D eigenvalue weighted by Crippen LogP contribution is 2.55. The van der Waals surface area contributed by atoms with Crippen molar-refractivity contribution in [3.05, 3.63) is 157 Å². The molecule has 0 spiro atoms. The zero-order chi connectivity index (χ0) is 33.8. The molecule has 0 saturated heterocycles. The van der Waals surface area contributed by atoms with E-state index in [9.17, 15) is 0 Å². The minimum atomic E-state index is -0.133. The van der Waals surface area contributed by atoms with Crippen molar-refractivity contribution < 1.29 is 8.83 Å². The van der Waals surface area contributed by atoms with E-state index < -0.39 is 0 Å². The Bertz CT molecular complexity index is 3020. The van der Waals surface area contributed by atoms with Crippen LogP contribution >= 0.6 is 11.3 Å². The molecular weight excluding hydrogens is 645 g/mol. The van der Waals surface area contributed by atoms with Crippen LogP contribution in [0.2, 0.25) is 0 Å². The molecule has 10 aromatic rings. The summed E-state index contributed by atoms with van der Waals surface area (Å²) in [5.74, 6) is 0.599. The minimum Gasteiger partial charge on any atom is -0.456 e. The predicted molar refractivity (Wildman–Crippen MR) is 212 cm³/mol. The summed E-state index contributed by atoms with van der Waals surface area (Å²) in [6, 6.07) is 51.8. The van der Waals surface area contributed by atoms with Crippen LogP contribution in [0.3, 0.4) is 0 Å². The van der Waals surface area contributed by atoms with Crippen molar-refractivity contribution in [1.82, 2.24) is 4.98 Å². The Hall–Kier alpha value is -6.17. The molecule has 5 heteroatoms. The van der Waals surface area contributed by atoms with Crippen LogP contribution in [-0.2, 0) is 5.41 Å². The molecule has 242 valence electrons. The molecule has 7 aromatic carbocycles. The molecule has 0 radical (unpaired) electrons. The first kappa shape index (κ1) is 28.6. The van der Waals surface area contributed by atoms with E-state index in [2.05, 4.69) is 128 Å². The number of hydrogen-bond acceptors (Lipinski definition) is 5. The summed E-state index contributed by atoms with van der Waals surface area (Å²) in [6.45, 7) is 4.68. The molecule has 0 aliphatic heterocycles. The monoisotopic (exact) mass is 674 g/mol. The molecule has 3 heterocycles. The summed E-state index contributed by atoms with van der Waals surface area (Å²) in [6.07, 6.45) is 0. The maximum Gasteiger partial charge on any atom is 0.227 e. The van der Waals surface area contributed by atoms with Crippen LogP contribution in [-0.4, -0.2) is 4.98 Å². The van der Waals surface area contributed by atoms with E-state index in [-0.39, 0.29) is 5.41 Å². The third-order valence-electron chi connectivity index (χ3n) is 10.7. The number of rotatable bonds is 4. The number of fused-ring (bicyclic) bond motifs is 10. The van der Waals surface area contributed by atoms with Gasteiger partial charge in [0.05, 0.1) is 16.8 Å². The molecule has 1 aliphatic rings. The highest BCUT2D eigenvalue weighted by molar-refractivity contribution is 7.25. The Labute approximate surface area is 297 Å². The molecule has 3 aromatic heterocycles. The molecule has 0 N–H and O–H groups in total. The lowest BCUT2D eigenvalue weighted by atomic mass is 9.82. The van der Waals surface area contributed by atoms with Gasteiger partial charge in [-0.05, 0) is 71.3 Å². The fraction of sp³-hybridized carbons (Fsp3) is 0.0652. The number of furan rings is 1. The van der Waals surface area contributed by atoms with Crippen molar-refractivity contribution in [2.75, 3.05) is 4.90 Å². The molecule has 0 saturated carbocycles. The van der Waals surface area contributed by atoms with E-state index in [0.717, 1.165) is 55.7 Å². The minimum absolute atomic E-state index is 0.133. The van der Waals surface area contributed by atoms with Gasteiger partial charge in [-0.3, -0.25) is 0 Å². The maximum atomic E-state index is 6.62. The van der Waals surface area contributed by atoms with E-state index in [1.54, 1.807) is 0 Å². The Kier molecular flexibility index (Phi) is 5.85. The Morgan fingerprint density at radius 3 is 2.25 bits per heavy atom. The van der Waals surface area contributed by atoms with Gasteiger partial charge in [0.15, 0.2) is 5.58 Å². The highest BCUT2D eigenvalue weighted by atomic mass is 32.1. The molecule has 0 bridgehead atoms. The van der Waals surface area contributed by atoms with E-state index in [0.29, 0.717) is 5.89 Å². The summed E-state index contributed by atoms with van der Waals surface area (Å²) in [5.41, 5.74) is 12.4. The molecular formula is C46H30N2O2S. The molecule has 0 fully saturated rings. The van der Waals surface area contributed by atoms with E-state index in [1.165, 1.54) is 42.4 Å². The topological polar surface area (TPSA) is 42.4 Å². The molecule has 0 unspecified atom stereocenters. The van der Waals surface area contributed by atoms with Gasteiger partial charge < -0.3 is 13.7 Å².